The summed E-state index contributed by atoms with van der Waals surface area (Å²) >= 11 is 13.7. The van der Waals surface area contributed by atoms with E-state index in [0.29, 0.717) is 27.5 Å². The molecule has 0 unspecified atom stereocenters. The molecule has 0 amide bonds. The number of halogens is 2. The highest BCUT2D eigenvalue weighted by Crippen LogP contribution is 2.45. The summed E-state index contributed by atoms with van der Waals surface area (Å²) in [5.74, 6) is 1.94. The third-order valence-electron chi connectivity index (χ3n) is 5.72. The molecule has 2 heterocycles. The van der Waals surface area contributed by atoms with Crippen LogP contribution in [0.4, 0.5) is 5.00 Å². The maximum absolute atomic E-state index is 9.72. The fourth-order valence-electron chi connectivity index (χ4n) is 3.87. The van der Waals surface area contributed by atoms with E-state index in [1.807, 2.05) is 18.2 Å². The van der Waals surface area contributed by atoms with Gasteiger partial charge in [0, 0.05) is 10.4 Å². The van der Waals surface area contributed by atoms with Crippen molar-refractivity contribution in [3.63, 3.8) is 0 Å². The van der Waals surface area contributed by atoms with Gasteiger partial charge >= 0.3 is 0 Å². The molecule has 1 aliphatic rings. The van der Waals surface area contributed by atoms with Gasteiger partial charge in [0.1, 0.15) is 22.6 Å². The second-order valence-electron chi connectivity index (χ2n) is 8.69. The Kier molecular flexibility index (Phi) is 5.81. The van der Waals surface area contributed by atoms with Crippen molar-refractivity contribution in [2.45, 2.75) is 40.0 Å². The van der Waals surface area contributed by atoms with Crippen LogP contribution >= 0.6 is 34.5 Å². The minimum absolute atomic E-state index is 0.271. The second-order valence-corrected chi connectivity index (χ2v) is 10.6. The number of rotatable bonds is 3. The normalized spacial score (nSPS) is 16.6. The van der Waals surface area contributed by atoms with Crippen LogP contribution in [0.5, 0.6) is 0 Å². The largest absolute Gasteiger partial charge is 0.455 e. The molecule has 6 heteroatoms. The molecule has 0 radical (unpaired) electrons. The van der Waals surface area contributed by atoms with Crippen LogP contribution in [0.1, 0.15) is 49.0 Å². The van der Waals surface area contributed by atoms with E-state index in [0.717, 1.165) is 35.4 Å². The maximum Gasteiger partial charge on any atom is 0.145 e. The van der Waals surface area contributed by atoms with E-state index in [4.69, 9.17) is 27.6 Å². The third-order valence-corrected chi connectivity index (χ3v) is 7.62. The lowest BCUT2D eigenvalue weighted by Crippen LogP contribution is -2.26. The molecule has 0 saturated heterocycles. The van der Waals surface area contributed by atoms with E-state index in [1.54, 1.807) is 29.7 Å². The topological polar surface area (TPSA) is 49.3 Å². The average Bonchev–Trinajstić information content (AvgIpc) is 3.31. The number of aliphatic imine (C=N–C) groups is 1. The molecule has 2 aromatic heterocycles. The highest BCUT2D eigenvalue weighted by atomic mass is 35.5. The molecule has 4 rings (SSSR count). The molecule has 30 heavy (non-hydrogen) atoms. The molecule has 0 fully saturated rings. The molecule has 1 aliphatic carbocycles. The molecule has 154 valence electrons. The smallest absolute Gasteiger partial charge is 0.145 e. The van der Waals surface area contributed by atoms with Crippen LogP contribution in [0.25, 0.3) is 11.3 Å². The Labute approximate surface area is 191 Å². The van der Waals surface area contributed by atoms with Crippen molar-refractivity contribution >= 4 is 45.8 Å². The Morgan fingerprint density at radius 2 is 2.00 bits per heavy atom. The van der Waals surface area contributed by atoms with E-state index in [-0.39, 0.29) is 5.41 Å². The molecule has 1 aromatic carbocycles. The minimum atomic E-state index is 0.271. The number of furan rings is 1. The zero-order chi connectivity index (χ0) is 21.5. The molecule has 3 nitrogen and oxygen atoms in total. The Bertz CT molecular complexity index is 1160. The first-order valence-corrected chi connectivity index (χ1v) is 11.5. The molecule has 0 spiro atoms. The second kappa shape index (κ2) is 8.23. The molecule has 0 aliphatic heterocycles. The highest BCUT2D eigenvalue weighted by Gasteiger charge is 2.32. The van der Waals surface area contributed by atoms with Crippen LogP contribution in [0.2, 0.25) is 10.0 Å². The van der Waals surface area contributed by atoms with E-state index in [9.17, 15) is 5.26 Å². The number of thiophene rings is 1. The molecule has 0 saturated carbocycles. The predicted molar refractivity (Wildman–Crippen MR) is 125 cm³/mol. The number of nitrogens with zero attached hydrogens (tertiary/aromatic N) is 2. The zero-order valence-corrected chi connectivity index (χ0v) is 19.5. The van der Waals surface area contributed by atoms with Crippen LogP contribution < -0.4 is 0 Å². The van der Waals surface area contributed by atoms with Crippen molar-refractivity contribution in [1.82, 2.24) is 0 Å². The van der Waals surface area contributed by atoms with Gasteiger partial charge in [0.2, 0.25) is 0 Å². The van der Waals surface area contributed by atoms with Gasteiger partial charge in [-0.3, -0.25) is 0 Å². The van der Waals surface area contributed by atoms with E-state index in [2.05, 4.69) is 31.8 Å². The summed E-state index contributed by atoms with van der Waals surface area (Å²) in [4.78, 5) is 5.91. The maximum atomic E-state index is 9.72. The molecule has 3 aromatic rings. The SMILES string of the molecule is CC(C)(C)[C@H]1CCc2c(sc(N=Cc3ccc(-c4ccc(Cl)c(Cl)c4)o3)c2C#N)C1. The summed E-state index contributed by atoms with van der Waals surface area (Å²) in [5, 5.41) is 11.5. The van der Waals surface area contributed by atoms with Crippen molar-refractivity contribution in [3.05, 3.63) is 62.1 Å². The van der Waals surface area contributed by atoms with Crippen molar-refractivity contribution in [3.8, 4) is 17.4 Å². The molecule has 0 N–H and O–H groups in total. The van der Waals surface area contributed by atoms with Gasteiger partial charge in [-0.1, -0.05) is 44.0 Å². The van der Waals surface area contributed by atoms with Crippen LogP contribution in [-0.4, -0.2) is 6.21 Å². The standard InChI is InChI=1S/C24H22Cl2N2OS/c1-24(2,3)15-5-7-17-18(12-27)23(30-22(17)11-15)28-13-16-6-9-21(29-16)14-4-8-19(25)20(26)10-14/h4,6,8-10,13,15H,5,7,11H2,1-3H3/t15-/m0/s1. The van der Waals surface area contributed by atoms with E-state index in [1.165, 1.54) is 10.4 Å². The van der Waals surface area contributed by atoms with Gasteiger partial charge in [0.25, 0.3) is 0 Å². The zero-order valence-electron chi connectivity index (χ0n) is 17.1. The Morgan fingerprint density at radius 3 is 2.70 bits per heavy atom. The average molecular weight is 457 g/mol. The Hall–Kier alpha value is -2.06. The van der Waals surface area contributed by atoms with Crippen molar-refractivity contribution in [2.24, 2.45) is 16.3 Å². The van der Waals surface area contributed by atoms with Gasteiger partial charge in [-0.2, -0.15) is 5.26 Å². The number of hydrogen-bond donors (Lipinski definition) is 0. The molecular weight excluding hydrogens is 435 g/mol. The van der Waals surface area contributed by atoms with Gasteiger partial charge in [0.15, 0.2) is 0 Å². The van der Waals surface area contributed by atoms with Gasteiger partial charge < -0.3 is 4.42 Å². The number of fused-ring (bicyclic) bond motifs is 1. The van der Waals surface area contributed by atoms with Crippen molar-refractivity contribution in [1.29, 1.82) is 5.26 Å². The van der Waals surface area contributed by atoms with E-state index >= 15 is 0 Å². The predicted octanol–water partition coefficient (Wildman–Crippen LogP) is 8.09. The highest BCUT2D eigenvalue weighted by molar-refractivity contribution is 7.16. The van der Waals surface area contributed by atoms with Gasteiger partial charge in [0.05, 0.1) is 21.8 Å². The fraction of sp³-hybridized carbons (Fsp3) is 0.333. The summed E-state index contributed by atoms with van der Waals surface area (Å²) in [6.45, 7) is 6.88. The fourth-order valence-corrected chi connectivity index (χ4v) is 5.39. The van der Waals surface area contributed by atoms with Crippen LogP contribution in [0.15, 0.2) is 39.7 Å². The first-order chi connectivity index (χ1) is 14.3. The van der Waals surface area contributed by atoms with Crippen LogP contribution in [-0.2, 0) is 12.8 Å². The quantitative estimate of drug-likeness (QED) is 0.373. The van der Waals surface area contributed by atoms with Crippen LogP contribution in [0.3, 0.4) is 0 Å². The lowest BCUT2D eigenvalue weighted by molar-refractivity contribution is 0.218. The monoisotopic (exact) mass is 456 g/mol. The van der Waals surface area contributed by atoms with Crippen molar-refractivity contribution < 1.29 is 4.42 Å². The number of hydrogen-bond acceptors (Lipinski definition) is 4. The lowest BCUT2D eigenvalue weighted by atomic mass is 9.72. The van der Waals surface area contributed by atoms with Crippen LogP contribution in [0, 0.1) is 22.7 Å². The van der Waals surface area contributed by atoms with Gasteiger partial charge in [-0.25, -0.2) is 4.99 Å². The van der Waals surface area contributed by atoms with Gasteiger partial charge in [-0.05, 0) is 66.5 Å². The summed E-state index contributed by atoms with van der Waals surface area (Å²) in [7, 11) is 0. The van der Waals surface area contributed by atoms with E-state index < -0.39 is 0 Å². The summed E-state index contributed by atoms with van der Waals surface area (Å²) < 4.78 is 5.89. The Balaban J connectivity index is 1.58. The summed E-state index contributed by atoms with van der Waals surface area (Å²) in [6.07, 6.45) is 4.78. The molecular formula is C24H22Cl2N2OS. The minimum Gasteiger partial charge on any atom is -0.455 e. The number of nitriles is 1. The van der Waals surface area contributed by atoms with Crippen molar-refractivity contribution in [2.75, 3.05) is 0 Å². The lowest BCUT2D eigenvalue weighted by Gasteiger charge is -2.33. The summed E-state index contributed by atoms with van der Waals surface area (Å²) in [6, 6.07) is 11.5. The molecule has 0 bridgehead atoms. The Morgan fingerprint density at radius 1 is 1.20 bits per heavy atom. The summed E-state index contributed by atoms with van der Waals surface area (Å²) in [5.41, 5.74) is 3.02. The third kappa shape index (κ3) is 4.21. The first-order valence-electron chi connectivity index (χ1n) is 9.90. The first kappa shape index (κ1) is 21.2. The molecule has 1 atom stereocenters. The number of benzene rings is 1. The van der Waals surface area contributed by atoms with Gasteiger partial charge in [-0.15, -0.1) is 11.3 Å².